The Bertz CT molecular complexity index is 813. The van der Waals surface area contributed by atoms with Crippen molar-refractivity contribution in [1.29, 1.82) is 0 Å². The highest BCUT2D eigenvalue weighted by Gasteiger charge is 2.42. The first-order valence-corrected chi connectivity index (χ1v) is 9.49. The summed E-state index contributed by atoms with van der Waals surface area (Å²) in [4.78, 5) is 13.0. The molecule has 2 aliphatic carbocycles. The smallest absolute Gasteiger partial charge is 0.257 e. The Kier molecular flexibility index (Phi) is 4.47. The minimum Gasteiger partial charge on any atom is -0.496 e. The summed E-state index contributed by atoms with van der Waals surface area (Å²) in [7, 11) is 1.61. The van der Waals surface area contributed by atoms with E-state index < -0.39 is 0 Å². The molecule has 26 heavy (non-hydrogen) atoms. The van der Waals surface area contributed by atoms with Crippen LogP contribution in [0.15, 0.2) is 28.8 Å². The summed E-state index contributed by atoms with van der Waals surface area (Å²) in [5.41, 5.74) is 1.81. The predicted molar refractivity (Wildman–Crippen MR) is 99.1 cm³/mol. The van der Waals surface area contributed by atoms with Crippen LogP contribution in [0.4, 0.5) is 0 Å². The van der Waals surface area contributed by atoms with Crippen molar-refractivity contribution in [3.8, 4) is 17.0 Å². The number of para-hydroxylation sites is 1. The number of aromatic nitrogens is 1. The summed E-state index contributed by atoms with van der Waals surface area (Å²) in [6.45, 7) is 3.91. The normalized spacial score (nSPS) is 25.3. The maximum Gasteiger partial charge on any atom is 0.257 e. The molecule has 0 spiro atoms. The maximum absolute atomic E-state index is 13.0. The van der Waals surface area contributed by atoms with E-state index in [4.69, 9.17) is 9.26 Å². The van der Waals surface area contributed by atoms with Gasteiger partial charge in [-0.25, -0.2) is 0 Å². The predicted octanol–water partition coefficient (Wildman–Crippen LogP) is 4.21. The van der Waals surface area contributed by atoms with Crippen molar-refractivity contribution in [2.24, 2.45) is 17.8 Å². The third kappa shape index (κ3) is 2.89. The average Bonchev–Trinajstić information content (AvgIpc) is 3.36. The Labute approximate surface area is 154 Å². The lowest BCUT2D eigenvalue weighted by atomic mass is 9.84. The molecule has 1 amide bonds. The van der Waals surface area contributed by atoms with Crippen LogP contribution in [0.1, 0.15) is 48.7 Å². The van der Waals surface area contributed by atoms with E-state index in [0.717, 1.165) is 17.4 Å². The van der Waals surface area contributed by atoms with E-state index in [0.29, 0.717) is 28.7 Å². The molecule has 2 bridgehead atoms. The van der Waals surface area contributed by atoms with Crippen molar-refractivity contribution >= 4 is 5.91 Å². The SMILES string of the molecule is COc1ccccc1-c1noc(C)c1C(=O)NC(C)C1CC2CCC1C2. The monoisotopic (exact) mass is 354 g/mol. The second-order valence-electron chi connectivity index (χ2n) is 7.76. The van der Waals surface area contributed by atoms with E-state index in [1.54, 1.807) is 14.0 Å². The molecule has 1 heterocycles. The standard InChI is InChI=1S/C21H26N2O3/c1-12(17-11-14-8-9-15(17)10-14)22-21(24)19-13(2)26-23-20(19)16-6-4-5-7-18(16)25-3/h4-7,12,14-15,17H,8-11H2,1-3H3,(H,22,24). The molecule has 1 N–H and O–H groups in total. The van der Waals surface area contributed by atoms with Gasteiger partial charge in [0.1, 0.15) is 22.8 Å². The molecule has 1 aromatic carbocycles. The van der Waals surface area contributed by atoms with Gasteiger partial charge in [-0.05, 0) is 63.0 Å². The molecule has 2 aliphatic rings. The Morgan fingerprint density at radius 3 is 2.81 bits per heavy atom. The zero-order valence-electron chi connectivity index (χ0n) is 15.6. The number of methoxy groups -OCH3 is 1. The van der Waals surface area contributed by atoms with Crippen molar-refractivity contribution in [2.75, 3.05) is 7.11 Å². The van der Waals surface area contributed by atoms with Crippen molar-refractivity contribution in [2.45, 2.75) is 45.6 Å². The van der Waals surface area contributed by atoms with Gasteiger partial charge >= 0.3 is 0 Å². The molecule has 4 unspecified atom stereocenters. The number of benzene rings is 1. The van der Waals surface area contributed by atoms with E-state index in [2.05, 4.69) is 17.4 Å². The first-order chi connectivity index (χ1) is 12.6. The number of hydrogen-bond donors (Lipinski definition) is 1. The molecule has 5 nitrogen and oxygen atoms in total. The molecule has 2 aromatic rings. The van der Waals surface area contributed by atoms with E-state index in [9.17, 15) is 4.79 Å². The van der Waals surface area contributed by atoms with Gasteiger partial charge in [0.15, 0.2) is 0 Å². The molecule has 2 fully saturated rings. The molecule has 2 saturated carbocycles. The van der Waals surface area contributed by atoms with Crippen LogP contribution in [-0.2, 0) is 0 Å². The highest BCUT2D eigenvalue weighted by Crippen LogP contribution is 2.49. The van der Waals surface area contributed by atoms with Crippen molar-refractivity contribution in [1.82, 2.24) is 10.5 Å². The highest BCUT2D eigenvalue weighted by atomic mass is 16.5. The molecule has 4 rings (SSSR count). The number of carbonyl (C=O) groups excluding carboxylic acids is 1. The number of ether oxygens (including phenoxy) is 1. The van der Waals surface area contributed by atoms with Gasteiger partial charge < -0.3 is 14.6 Å². The van der Waals surface area contributed by atoms with Gasteiger partial charge in [-0.2, -0.15) is 0 Å². The Hall–Kier alpha value is -2.30. The molecule has 0 saturated heterocycles. The number of carbonyl (C=O) groups is 1. The van der Waals surface area contributed by atoms with Gasteiger partial charge in [0.25, 0.3) is 5.91 Å². The maximum atomic E-state index is 13.0. The van der Waals surface area contributed by atoms with Crippen LogP contribution in [0, 0.1) is 24.7 Å². The fourth-order valence-electron chi connectivity index (χ4n) is 4.96. The number of rotatable bonds is 5. The highest BCUT2D eigenvalue weighted by molar-refractivity contribution is 6.01. The topological polar surface area (TPSA) is 64.4 Å². The van der Waals surface area contributed by atoms with Crippen LogP contribution >= 0.6 is 0 Å². The molecule has 0 radical (unpaired) electrons. The Balaban J connectivity index is 1.58. The van der Waals surface area contributed by atoms with Crippen LogP contribution in [0.3, 0.4) is 0 Å². The second kappa shape index (κ2) is 6.78. The van der Waals surface area contributed by atoms with Gasteiger partial charge in [0.2, 0.25) is 0 Å². The zero-order valence-corrected chi connectivity index (χ0v) is 15.6. The molecule has 1 aromatic heterocycles. The molecule has 5 heteroatoms. The molecular formula is C21H26N2O3. The minimum atomic E-state index is -0.111. The van der Waals surface area contributed by atoms with Gasteiger partial charge in [-0.15, -0.1) is 0 Å². The van der Waals surface area contributed by atoms with Crippen LogP contribution < -0.4 is 10.1 Å². The summed E-state index contributed by atoms with van der Waals surface area (Å²) in [5, 5.41) is 7.36. The summed E-state index contributed by atoms with van der Waals surface area (Å²) in [5.74, 6) is 3.32. The minimum absolute atomic E-state index is 0.111. The summed E-state index contributed by atoms with van der Waals surface area (Å²) < 4.78 is 10.8. The number of nitrogens with one attached hydrogen (secondary N) is 1. The van der Waals surface area contributed by atoms with Crippen LogP contribution in [0.2, 0.25) is 0 Å². The lowest BCUT2D eigenvalue weighted by molar-refractivity contribution is 0.0914. The Morgan fingerprint density at radius 1 is 1.31 bits per heavy atom. The molecule has 138 valence electrons. The molecular weight excluding hydrogens is 328 g/mol. The molecule has 0 aliphatic heterocycles. The van der Waals surface area contributed by atoms with Gasteiger partial charge in [0, 0.05) is 11.6 Å². The summed E-state index contributed by atoms with van der Waals surface area (Å²) >= 11 is 0. The average molecular weight is 354 g/mol. The van der Waals surface area contributed by atoms with E-state index >= 15 is 0 Å². The zero-order chi connectivity index (χ0) is 18.3. The number of fused-ring (bicyclic) bond motifs is 2. The van der Waals surface area contributed by atoms with E-state index in [1.807, 2.05) is 24.3 Å². The number of nitrogens with zero attached hydrogens (tertiary/aromatic N) is 1. The van der Waals surface area contributed by atoms with Crippen LogP contribution in [0.5, 0.6) is 5.75 Å². The number of hydrogen-bond acceptors (Lipinski definition) is 4. The first-order valence-electron chi connectivity index (χ1n) is 9.49. The van der Waals surface area contributed by atoms with Crippen molar-refractivity contribution in [3.63, 3.8) is 0 Å². The van der Waals surface area contributed by atoms with Crippen molar-refractivity contribution < 1.29 is 14.1 Å². The quantitative estimate of drug-likeness (QED) is 0.873. The van der Waals surface area contributed by atoms with Gasteiger partial charge in [-0.1, -0.05) is 23.7 Å². The lowest BCUT2D eigenvalue weighted by Crippen LogP contribution is -2.40. The van der Waals surface area contributed by atoms with Crippen LogP contribution in [0.25, 0.3) is 11.3 Å². The van der Waals surface area contributed by atoms with E-state index in [1.165, 1.54) is 25.7 Å². The first kappa shape index (κ1) is 17.1. The lowest BCUT2D eigenvalue weighted by Gasteiger charge is -2.28. The number of amides is 1. The third-order valence-corrected chi connectivity index (χ3v) is 6.25. The number of aryl methyl sites for hydroxylation is 1. The van der Waals surface area contributed by atoms with Crippen LogP contribution in [-0.4, -0.2) is 24.2 Å². The summed E-state index contributed by atoms with van der Waals surface area (Å²) in [6.07, 6.45) is 5.26. The Morgan fingerprint density at radius 2 is 2.12 bits per heavy atom. The van der Waals surface area contributed by atoms with E-state index in [-0.39, 0.29) is 11.9 Å². The van der Waals surface area contributed by atoms with Crippen molar-refractivity contribution in [3.05, 3.63) is 35.6 Å². The molecule has 4 atom stereocenters. The third-order valence-electron chi connectivity index (χ3n) is 6.25. The van der Waals surface area contributed by atoms with Gasteiger partial charge in [0.05, 0.1) is 7.11 Å². The van der Waals surface area contributed by atoms with Gasteiger partial charge in [-0.3, -0.25) is 4.79 Å². The largest absolute Gasteiger partial charge is 0.496 e. The summed E-state index contributed by atoms with van der Waals surface area (Å²) in [6, 6.07) is 7.72. The fourth-order valence-corrected chi connectivity index (χ4v) is 4.96. The fraction of sp³-hybridized carbons (Fsp3) is 0.524. The second-order valence-corrected chi connectivity index (χ2v) is 7.76.